The van der Waals surface area contributed by atoms with Gasteiger partial charge in [-0.15, -0.1) is 0 Å². The molecule has 2 aromatic rings. The van der Waals surface area contributed by atoms with Gasteiger partial charge in [-0.2, -0.15) is 0 Å². The number of rotatable bonds is 0. The average Bonchev–Trinajstić information content (AvgIpc) is 2.39. The summed E-state index contributed by atoms with van der Waals surface area (Å²) in [4.78, 5) is 0. The standard InChI is InChI=1S/C8H11NO.C7H9NO/c1-5-3-4-7(9)6(2)8(5)10;1-5-6(8)3-2-4-7(5)9/h3-4,10H,9H2,1-2H3;2-4,9H,8H2,1H3. The van der Waals surface area contributed by atoms with Crippen LogP contribution in [0, 0.1) is 20.8 Å². The van der Waals surface area contributed by atoms with Crippen LogP contribution in [0.5, 0.6) is 11.5 Å². The molecule has 0 fully saturated rings. The minimum absolute atomic E-state index is 0.259. The summed E-state index contributed by atoms with van der Waals surface area (Å²) < 4.78 is 0. The molecule has 0 atom stereocenters. The largest absolute Gasteiger partial charge is 0.508 e. The molecular formula is C15H20N2O2. The van der Waals surface area contributed by atoms with Crippen LogP contribution in [0.1, 0.15) is 16.7 Å². The second kappa shape index (κ2) is 6.00. The van der Waals surface area contributed by atoms with Crippen molar-refractivity contribution in [2.24, 2.45) is 0 Å². The zero-order valence-corrected chi connectivity index (χ0v) is 11.4. The van der Waals surface area contributed by atoms with Crippen molar-refractivity contribution in [3.63, 3.8) is 0 Å². The van der Waals surface area contributed by atoms with E-state index in [0.29, 0.717) is 17.1 Å². The molecule has 0 bridgehead atoms. The van der Waals surface area contributed by atoms with Crippen molar-refractivity contribution in [3.8, 4) is 11.5 Å². The van der Waals surface area contributed by atoms with Gasteiger partial charge in [-0.25, -0.2) is 0 Å². The van der Waals surface area contributed by atoms with Gasteiger partial charge in [-0.1, -0.05) is 12.1 Å². The van der Waals surface area contributed by atoms with E-state index in [1.54, 1.807) is 44.2 Å². The molecular weight excluding hydrogens is 240 g/mol. The van der Waals surface area contributed by atoms with Crippen LogP contribution in [0.4, 0.5) is 11.4 Å². The molecule has 0 aromatic heterocycles. The minimum atomic E-state index is 0.259. The highest BCUT2D eigenvalue weighted by Crippen LogP contribution is 2.25. The van der Waals surface area contributed by atoms with E-state index in [1.807, 2.05) is 6.92 Å². The molecule has 0 amide bonds. The third-order valence-corrected chi connectivity index (χ3v) is 3.02. The molecule has 6 N–H and O–H groups in total. The van der Waals surface area contributed by atoms with Crippen LogP contribution < -0.4 is 11.5 Å². The maximum Gasteiger partial charge on any atom is 0.123 e. The van der Waals surface area contributed by atoms with Crippen molar-refractivity contribution in [3.05, 3.63) is 47.0 Å². The molecule has 0 spiro atoms. The van der Waals surface area contributed by atoms with Crippen molar-refractivity contribution < 1.29 is 10.2 Å². The summed E-state index contributed by atoms with van der Waals surface area (Å²) in [5.74, 6) is 0.565. The van der Waals surface area contributed by atoms with Gasteiger partial charge in [0.05, 0.1) is 0 Å². The molecule has 0 unspecified atom stereocenters. The SMILES string of the molecule is Cc1c(N)cccc1O.Cc1ccc(N)c(C)c1O. The number of phenolic OH excluding ortho intramolecular Hbond substituents is 2. The van der Waals surface area contributed by atoms with Gasteiger partial charge in [0, 0.05) is 22.5 Å². The van der Waals surface area contributed by atoms with Gasteiger partial charge < -0.3 is 21.7 Å². The van der Waals surface area contributed by atoms with E-state index in [4.69, 9.17) is 16.6 Å². The van der Waals surface area contributed by atoms with Crippen LogP contribution in [0.15, 0.2) is 30.3 Å². The molecule has 4 nitrogen and oxygen atoms in total. The highest BCUT2D eigenvalue weighted by Gasteiger charge is 2.01. The second-order valence-electron chi connectivity index (χ2n) is 4.44. The van der Waals surface area contributed by atoms with Crippen LogP contribution in [0.3, 0.4) is 0 Å². The van der Waals surface area contributed by atoms with Gasteiger partial charge in [-0.3, -0.25) is 0 Å². The molecule has 2 aromatic carbocycles. The van der Waals surface area contributed by atoms with Crippen molar-refractivity contribution in [2.75, 3.05) is 11.5 Å². The fraction of sp³-hybridized carbons (Fsp3) is 0.200. The lowest BCUT2D eigenvalue weighted by atomic mass is 10.1. The molecule has 0 radical (unpaired) electrons. The first-order chi connectivity index (χ1) is 8.84. The van der Waals surface area contributed by atoms with E-state index in [0.717, 1.165) is 16.7 Å². The number of anilines is 2. The summed E-state index contributed by atoms with van der Waals surface area (Å²) in [5, 5.41) is 18.3. The third-order valence-electron chi connectivity index (χ3n) is 3.02. The quantitative estimate of drug-likeness (QED) is 0.548. The number of benzene rings is 2. The lowest BCUT2D eigenvalue weighted by Crippen LogP contribution is -1.90. The van der Waals surface area contributed by atoms with Gasteiger partial charge in [0.1, 0.15) is 11.5 Å². The average molecular weight is 260 g/mol. The first-order valence-electron chi connectivity index (χ1n) is 5.93. The van der Waals surface area contributed by atoms with Gasteiger partial charge in [-0.05, 0) is 44.5 Å². The fourth-order valence-electron chi connectivity index (χ4n) is 1.49. The highest BCUT2D eigenvalue weighted by molar-refractivity contribution is 5.55. The Kier molecular flexibility index (Phi) is 4.64. The van der Waals surface area contributed by atoms with E-state index >= 15 is 0 Å². The van der Waals surface area contributed by atoms with Gasteiger partial charge in [0.25, 0.3) is 0 Å². The normalized spacial score (nSPS) is 9.63. The van der Waals surface area contributed by atoms with Crippen LogP contribution in [0.2, 0.25) is 0 Å². The topological polar surface area (TPSA) is 92.5 Å². The molecule has 19 heavy (non-hydrogen) atoms. The van der Waals surface area contributed by atoms with Crippen molar-refractivity contribution >= 4 is 11.4 Å². The Morgan fingerprint density at radius 1 is 0.789 bits per heavy atom. The Morgan fingerprint density at radius 2 is 1.37 bits per heavy atom. The monoisotopic (exact) mass is 260 g/mol. The van der Waals surface area contributed by atoms with Gasteiger partial charge >= 0.3 is 0 Å². The Bertz CT molecular complexity index is 533. The van der Waals surface area contributed by atoms with E-state index < -0.39 is 0 Å². The van der Waals surface area contributed by atoms with Gasteiger partial charge in [0.15, 0.2) is 0 Å². The molecule has 0 saturated heterocycles. The molecule has 0 aliphatic carbocycles. The molecule has 2 rings (SSSR count). The fourth-order valence-corrected chi connectivity index (χ4v) is 1.49. The molecule has 102 valence electrons. The van der Waals surface area contributed by atoms with E-state index in [-0.39, 0.29) is 5.75 Å². The Morgan fingerprint density at radius 3 is 1.84 bits per heavy atom. The number of phenols is 2. The van der Waals surface area contributed by atoms with E-state index in [2.05, 4.69) is 0 Å². The lowest BCUT2D eigenvalue weighted by Gasteiger charge is -2.04. The van der Waals surface area contributed by atoms with E-state index in [9.17, 15) is 5.11 Å². The summed E-state index contributed by atoms with van der Waals surface area (Å²) >= 11 is 0. The zero-order valence-electron chi connectivity index (χ0n) is 11.4. The van der Waals surface area contributed by atoms with Crippen molar-refractivity contribution in [1.82, 2.24) is 0 Å². The summed E-state index contributed by atoms with van der Waals surface area (Å²) in [6, 6.07) is 8.69. The number of aryl methyl sites for hydroxylation is 1. The van der Waals surface area contributed by atoms with Crippen LogP contribution in [0.25, 0.3) is 0 Å². The predicted octanol–water partition coefficient (Wildman–Crippen LogP) is 2.87. The second-order valence-corrected chi connectivity index (χ2v) is 4.44. The summed E-state index contributed by atoms with van der Waals surface area (Å²) in [7, 11) is 0. The number of hydrogen-bond acceptors (Lipinski definition) is 4. The smallest absolute Gasteiger partial charge is 0.123 e. The van der Waals surface area contributed by atoms with Crippen LogP contribution >= 0.6 is 0 Å². The number of hydrogen-bond donors (Lipinski definition) is 4. The van der Waals surface area contributed by atoms with Crippen molar-refractivity contribution in [2.45, 2.75) is 20.8 Å². The summed E-state index contributed by atoms with van der Waals surface area (Å²) in [5.41, 5.74) is 14.6. The maximum absolute atomic E-state index is 9.31. The zero-order chi connectivity index (χ0) is 14.6. The third kappa shape index (κ3) is 3.55. The van der Waals surface area contributed by atoms with Crippen LogP contribution in [-0.2, 0) is 0 Å². The Balaban J connectivity index is 0.000000191. The predicted molar refractivity (Wildman–Crippen MR) is 79.2 cm³/mol. The molecule has 0 aliphatic heterocycles. The maximum atomic E-state index is 9.31. The Labute approximate surface area is 113 Å². The highest BCUT2D eigenvalue weighted by atomic mass is 16.3. The summed E-state index contributed by atoms with van der Waals surface area (Å²) in [6.07, 6.45) is 0. The first kappa shape index (κ1) is 14.7. The molecule has 4 heteroatoms. The molecule has 0 aliphatic rings. The number of aromatic hydroxyl groups is 2. The minimum Gasteiger partial charge on any atom is -0.508 e. The molecule has 0 saturated carbocycles. The molecule has 0 heterocycles. The number of nitrogen functional groups attached to an aromatic ring is 2. The van der Waals surface area contributed by atoms with E-state index in [1.165, 1.54) is 0 Å². The first-order valence-corrected chi connectivity index (χ1v) is 5.93. The van der Waals surface area contributed by atoms with Crippen LogP contribution in [-0.4, -0.2) is 10.2 Å². The van der Waals surface area contributed by atoms with Gasteiger partial charge in [0.2, 0.25) is 0 Å². The van der Waals surface area contributed by atoms with Crippen molar-refractivity contribution in [1.29, 1.82) is 0 Å². The Hall–Kier alpha value is -2.36. The number of nitrogens with two attached hydrogens (primary N) is 2. The summed E-state index contributed by atoms with van der Waals surface area (Å²) in [6.45, 7) is 5.43. The lowest BCUT2D eigenvalue weighted by molar-refractivity contribution is 0.467.